The number of H-pyrrole nitrogens is 2. The van der Waals surface area contributed by atoms with E-state index in [9.17, 15) is 0 Å². The number of nitrogens with one attached hydrogen (secondary N) is 2. The van der Waals surface area contributed by atoms with Crippen LogP contribution in [0, 0.1) is 0 Å². The number of aromatic nitrogens is 10. The molecule has 8 aromatic carbocycles. The van der Waals surface area contributed by atoms with Crippen LogP contribution in [0.1, 0.15) is 22.3 Å². The van der Waals surface area contributed by atoms with E-state index in [0.717, 1.165) is 134 Å². The third-order valence-corrected chi connectivity index (χ3v) is 17.2. The van der Waals surface area contributed by atoms with Crippen LogP contribution in [0.2, 0.25) is 0 Å². The Hall–Kier alpha value is -11.5. The van der Waals surface area contributed by atoms with Crippen LogP contribution in [-0.4, -0.2) is 81.5 Å². The summed E-state index contributed by atoms with van der Waals surface area (Å²) in [5.41, 5.74) is 12.7. The lowest BCUT2D eigenvalue weighted by Gasteiger charge is -2.38. The Labute approximate surface area is 461 Å². The van der Waals surface area contributed by atoms with Gasteiger partial charge >= 0.3 is 5.79 Å². The molecule has 5 aromatic heterocycles. The fraction of sp³-hybridized carbons (Fsp3) is 0.0303. The average Bonchev–Trinajstić information content (AvgIpc) is 1.52. The molecule has 16 heteroatoms. The van der Waals surface area contributed by atoms with Gasteiger partial charge in [0, 0.05) is 65.3 Å². The zero-order valence-electron chi connectivity index (χ0n) is 42.9. The summed E-state index contributed by atoms with van der Waals surface area (Å²) in [5, 5.41) is 8.22. The predicted molar refractivity (Wildman–Crippen MR) is 314 cm³/mol. The van der Waals surface area contributed by atoms with E-state index >= 15 is 0 Å². The van der Waals surface area contributed by atoms with Crippen molar-refractivity contribution in [2.75, 3.05) is 0 Å². The van der Waals surface area contributed by atoms with Crippen LogP contribution < -0.4 is 11.0 Å². The smallest absolute Gasteiger partial charge is 0.324 e. The molecule has 8 aliphatic heterocycles. The minimum Gasteiger partial charge on any atom is -0.324 e. The molecule has 0 radical (unpaired) electrons. The molecule has 0 saturated carbocycles. The molecule has 0 unspecified atom stereocenters. The number of hydrogen-bond acceptors (Lipinski definition) is 10. The first-order chi connectivity index (χ1) is 40.6. The van der Waals surface area contributed by atoms with Gasteiger partial charge in [-0.05, 0) is 48.5 Å². The molecule has 1 spiro atoms. The van der Waals surface area contributed by atoms with Crippen molar-refractivity contribution >= 4 is 101 Å². The average molecular weight is 1050 g/mol. The quantitative estimate of drug-likeness (QED) is 0.143. The summed E-state index contributed by atoms with van der Waals surface area (Å²) in [4.78, 5) is 58.7. The highest BCUT2D eigenvalue weighted by atomic mass is 15.6. The largest absolute Gasteiger partial charge is 0.325 e. The first-order valence-electron chi connectivity index (χ1n) is 27.2. The van der Waals surface area contributed by atoms with Crippen molar-refractivity contribution in [2.45, 2.75) is 12.3 Å². The third-order valence-electron chi connectivity index (χ3n) is 17.2. The lowest BCUT2D eigenvalue weighted by atomic mass is 10.1. The first kappa shape index (κ1) is 42.5. The van der Waals surface area contributed by atoms with Gasteiger partial charge in [0.05, 0.1) is 22.3 Å². The molecule has 0 saturated heterocycles. The number of nitrogens with zero attached hydrogens (tertiary/aromatic N) is 14. The monoisotopic (exact) mass is 1050 g/mol. The van der Waals surface area contributed by atoms with Gasteiger partial charge in [0.25, 0.3) is 23.3 Å². The molecule has 8 aliphatic rings. The van der Waals surface area contributed by atoms with E-state index in [1.807, 2.05) is 97.1 Å². The Morgan fingerprint density at radius 2 is 0.622 bits per heavy atom. The van der Waals surface area contributed by atoms with Crippen LogP contribution in [0.25, 0.3) is 111 Å². The summed E-state index contributed by atoms with van der Waals surface area (Å²) in [6.45, 7) is 0.591. The fourth-order valence-corrected chi connectivity index (χ4v) is 13.7. The molecule has 82 heavy (non-hydrogen) atoms. The molecule has 0 aliphatic carbocycles. The van der Waals surface area contributed by atoms with Crippen molar-refractivity contribution in [3.05, 3.63) is 227 Å². The molecule has 16 nitrogen and oxygen atoms in total. The van der Waals surface area contributed by atoms with Crippen LogP contribution >= 0.6 is 0 Å². The second kappa shape index (κ2) is 15.0. The number of aromatic amines is 2. The highest BCUT2D eigenvalue weighted by Crippen LogP contribution is 2.52. The number of benzene rings is 8. The highest BCUT2D eigenvalue weighted by Gasteiger charge is 2.66. The van der Waals surface area contributed by atoms with E-state index in [1.165, 1.54) is 0 Å². The topological polar surface area (TPSA) is 174 Å². The number of hydrogen-bond donors (Lipinski definition) is 2. The minimum absolute atomic E-state index is 0.591. The zero-order chi connectivity index (χ0) is 53.1. The van der Waals surface area contributed by atoms with E-state index < -0.39 is 5.79 Å². The molecule has 21 rings (SSSR count). The molecule has 10 bridgehead atoms. The van der Waals surface area contributed by atoms with Gasteiger partial charge in [0.1, 0.15) is 29.1 Å². The van der Waals surface area contributed by atoms with Crippen molar-refractivity contribution in [1.82, 2.24) is 49.0 Å². The third kappa shape index (κ3) is 5.26. The van der Waals surface area contributed by atoms with Gasteiger partial charge in [-0.15, -0.1) is 0 Å². The normalized spacial score (nSPS) is 15.4. The van der Waals surface area contributed by atoms with E-state index in [1.54, 1.807) is 0 Å². The molecule has 13 aromatic rings. The predicted octanol–water partition coefficient (Wildman–Crippen LogP) is 10.8. The van der Waals surface area contributed by atoms with Gasteiger partial charge in [-0.1, -0.05) is 166 Å². The van der Waals surface area contributed by atoms with E-state index in [4.69, 9.17) is 49.9 Å². The Morgan fingerprint density at radius 3 is 0.988 bits per heavy atom. The van der Waals surface area contributed by atoms with Crippen molar-refractivity contribution in [2.24, 2.45) is 20.0 Å². The summed E-state index contributed by atoms with van der Waals surface area (Å²) >= 11 is 0. The lowest BCUT2D eigenvalue weighted by Crippen LogP contribution is -2.62. The van der Waals surface area contributed by atoms with Crippen LogP contribution in [0.3, 0.4) is 0 Å². The van der Waals surface area contributed by atoms with Crippen molar-refractivity contribution in [3.8, 4) is 45.6 Å². The summed E-state index contributed by atoms with van der Waals surface area (Å²) < 4.78 is 9.44. The Kier molecular flexibility index (Phi) is 7.76. The molecule has 0 amide bonds. The highest BCUT2D eigenvalue weighted by molar-refractivity contribution is 6.20. The van der Waals surface area contributed by atoms with E-state index in [0.29, 0.717) is 52.4 Å². The van der Waals surface area contributed by atoms with Gasteiger partial charge in [0.2, 0.25) is 22.6 Å². The van der Waals surface area contributed by atoms with Crippen LogP contribution in [0.5, 0.6) is 0 Å². The maximum Gasteiger partial charge on any atom is 0.325 e. The Bertz CT molecular complexity index is 5210. The summed E-state index contributed by atoms with van der Waals surface area (Å²) in [5.74, 6) is 7.09. The Morgan fingerprint density at radius 1 is 0.317 bits per heavy atom. The minimum atomic E-state index is -0.793. The van der Waals surface area contributed by atoms with Gasteiger partial charge in [-0.3, -0.25) is 4.57 Å². The van der Waals surface area contributed by atoms with Gasteiger partial charge in [-0.25, -0.2) is 34.5 Å². The second-order valence-corrected chi connectivity index (χ2v) is 21.4. The molecular formula is C66H36N16+2. The molecule has 13 heterocycles. The molecule has 378 valence electrons. The number of amidine groups is 4. The van der Waals surface area contributed by atoms with Gasteiger partial charge < -0.3 is 9.97 Å². The van der Waals surface area contributed by atoms with Crippen molar-refractivity contribution in [1.29, 1.82) is 0 Å². The van der Waals surface area contributed by atoms with Crippen molar-refractivity contribution in [3.63, 3.8) is 0 Å². The summed E-state index contributed by atoms with van der Waals surface area (Å²) in [6.07, 6.45) is 0. The maximum atomic E-state index is 5.51. The number of rotatable bonds is 0. The standard InChI is InChI=1S/C34H18N8.C32H18N8/c1-2-10-19-18(9-1)26-35-28-20-11-3-5-13-22(20)30-37-32-24-15-7-8-16-25(24)33-38-31-23-14-6-4-12-21(23)29-36-27(19)39(26)17-34(40(28)30,41(29)31)42(32)33;1-2-10-18-17(9-1)25-33-26(18)38-28-21-13-5-6-14-22(21)30(35-28)40-32-24-16-8-7-15-23(24)31(36-32)39-29-20-12-4-3-11-19(20)27(34-29)37-25/h1-16H,17H2;1-16H,(H2,33,34,35,36,37,38,39,40)/q+2;. The second-order valence-electron chi connectivity index (χ2n) is 21.4. The molecule has 2 N–H and O–H groups in total. The van der Waals surface area contributed by atoms with Gasteiger partial charge in [-0.2, -0.15) is 9.15 Å². The Balaban J connectivity index is 0.000000119. The fourth-order valence-electron chi connectivity index (χ4n) is 13.7. The number of fused-ring (bicyclic) bond motifs is 32. The van der Waals surface area contributed by atoms with E-state index in [2.05, 4.69) is 125 Å². The number of aliphatic imine (C=N–C) groups is 2. The molecule has 0 fully saturated rings. The molecular weight excluding hydrogens is 1020 g/mol. The van der Waals surface area contributed by atoms with Crippen LogP contribution in [0.4, 0.5) is 11.6 Å². The molecule has 0 atom stereocenters. The van der Waals surface area contributed by atoms with Crippen molar-refractivity contribution < 1.29 is 9.15 Å². The summed E-state index contributed by atoms with van der Waals surface area (Å²) in [7, 11) is 0. The summed E-state index contributed by atoms with van der Waals surface area (Å²) in [6, 6.07) is 66.4. The first-order valence-corrected chi connectivity index (χ1v) is 27.2. The maximum absolute atomic E-state index is 5.51. The van der Waals surface area contributed by atoms with E-state index in [-0.39, 0.29) is 0 Å². The van der Waals surface area contributed by atoms with Crippen LogP contribution in [0.15, 0.2) is 214 Å². The SMILES string of the molecule is c1ccc2c(c1)-c1nc-2nc2[nH]c(nc3nc(nc4[nH]c(n1)c1ccccc41)-c1ccccc1-3)c1ccccc21.c1ccc2c(c1)C1=Nc3c4ccccc4c4n3C35Cn6c(c7ccccc7c6=NC6=[N+]3C(=N4)c3ccccc36)=NC2=[N+]15. The zero-order valence-corrected chi connectivity index (χ0v) is 42.9. The lowest BCUT2D eigenvalue weighted by molar-refractivity contribution is -0.779. The van der Waals surface area contributed by atoms with Gasteiger partial charge in [0.15, 0.2) is 23.3 Å². The van der Waals surface area contributed by atoms with Crippen LogP contribution in [-0.2, 0) is 12.3 Å².